The Morgan fingerprint density at radius 2 is 1.94 bits per heavy atom. The van der Waals surface area contributed by atoms with Crippen molar-refractivity contribution in [3.05, 3.63) is 63.8 Å². The molecule has 0 bridgehead atoms. The molecule has 3 rings (SSSR count). The number of carboxylic acid groups (broad SMARTS) is 1. The van der Waals surface area contributed by atoms with Crippen molar-refractivity contribution >= 4 is 23.2 Å². The van der Waals surface area contributed by atoms with Gasteiger partial charge in [0.15, 0.2) is 6.10 Å². The fraction of sp³-hybridized carbons (Fsp3) is 0.360. The first-order valence-electron chi connectivity index (χ1n) is 10.9. The molecule has 1 atom stereocenters. The first-order valence-corrected chi connectivity index (χ1v) is 11.7. The number of thiazole rings is 1. The van der Waals surface area contributed by atoms with Crippen molar-refractivity contribution in [1.29, 1.82) is 0 Å². The van der Waals surface area contributed by atoms with Crippen molar-refractivity contribution in [2.24, 2.45) is 0 Å². The van der Waals surface area contributed by atoms with E-state index in [1.165, 1.54) is 11.3 Å². The number of pyridine rings is 1. The molecule has 0 fully saturated rings. The van der Waals surface area contributed by atoms with Gasteiger partial charge in [-0.15, -0.1) is 11.3 Å². The lowest BCUT2D eigenvalue weighted by molar-refractivity contribution is -0.153. The van der Waals surface area contributed by atoms with Gasteiger partial charge in [-0.1, -0.05) is 18.2 Å². The number of aryl methyl sites for hydroxylation is 2. The third-order valence-corrected chi connectivity index (χ3v) is 6.05. The molecule has 2 aromatic heterocycles. The largest absolute Gasteiger partial charge is 0.496 e. The van der Waals surface area contributed by atoms with Gasteiger partial charge in [-0.05, 0) is 51.0 Å². The molecule has 34 heavy (non-hydrogen) atoms. The van der Waals surface area contributed by atoms with Gasteiger partial charge in [0.1, 0.15) is 16.5 Å². The van der Waals surface area contributed by atoms with Crippen LogP contribution in [0.4, 0.5) is 0 Å². The second kappa shape index (κ2) is 11.2. The molecule has 1 unspecified atom stereocenters. The number of aliphatic carboxylic acids is 1. The summed E-state index contributed by atoms with van der Waals surface area (Å²) in [5.74, 6) is -0.719. The topological polar surface area (TPSA) is 111 Å². The lowest BCUT2D eigenvalue weighted by Gasteiger charge is -2.18. The number of nitrogens with one attached hydrogen (secondary N) is 1. The molecule has 3 aromatic rings. The number of carbonyl (C=O) groups excluding carboxylic acids is 1. The third-order valence-electron chi connectivity index (χ3n) is 5.06. The van der Waals surface area contributed by atoms with Gasteiger partial charge in [-0.3, -0.25) is 9.78 Å². The number of benzene rings is 1. The minimum absolute atomic E-state index is 0.202. The van der Waals surface area contributed by atoms with E-state index in [9.17, 15) is 14.7 Å². The maximum atomic E-state index is 12.9. The van der Waals surface area contributed by atoms with Crippen LogP contribution in [-0.4, -0.2) is 46.3 Å². The highest BCUT2D eigenvalue weighted by molar-refractivity contribution is 7.15. The summed E-state index contributed by atoms with van der Waals surface area (Å²) >= 11 is 1.42. The lowest BCUT2D eigenvalue weighted by Crippen LogP contribution is -2.29. The van der Waals surface area contributed by atoms with Crippen molar-refractivity contribution in [3.63, 3.8) is 0 Å². The summed E-state index contributed by atoms with van der Waals surface area (Å²) in [6.07, 6.45) is 0.810. The number of amides is 1. The standard InChI is InChI=1S/C25H29N3O5S/c1-14(2)33-21(25(30)31)11-17-7-9-20(32-5)18(10-17)13-27-23(29)22-16(4)34-24(28-22)19-8-6-15(3)12-26-19/h6-10,12,14,21H,11,13H2,1-5H3,(H,27,29)(H,30,31). The van der Waals surface area contributed by atoms with Crippen LogP contribution in [-0.2, 0) is 22.5 Å². The highest BCUT2D eigenvalue weighted by atomic mass is 32.1. The van der Waals surface area contributed by atoms with Gasteiger partial charge in [-0.2, -0.15) is 0 Å². The predicted octanol–water partition coefficient (Wildman–Crippen LogP) is 4.18. The van der Waals surface area contributed by atoms with Crippen LogP contribution >= 0.6 is 11.3 Å². The van der Waals surface area contributed by atoms with Crippen LogP contribution in [0.5, 0.6) is 5.75 Å². The molecule has 1 aromatic carbocycles. The summed E-state index contributed by atoms with van der Waals surface area (Å²) in [5, 5.41) is 13.0. The van der Waals surface area contributed by atoms with Gasteiger partial charge in [0.25, 0.3) is 5.91 Å². The Labute approximate surface area is 203 Å². The highest BCUT2D eigenvalue weighted by Gasteiger charge is 2.21. The molecule has 0 aliphatic carbocycles. The molecule has 9 heteroatoms. The van der Waals surface area contributed by atoms with Crippen LogP contribution in [0.15, 0.2) is 36.5 Å². The number of ether oxygens (including phenoxy) is 2. The molecule has 8 nitrogen and oxygen atoms in total. The van der Waals surface area contributed by atoms with Gasteiger partial charge < -0.3 is 19.9 Å². The Kier molecular flexibility index (Phi) is 8.36. The monoisotopic (exact) mass is 483 g/mol. The van der Waals surface area contributed by atoms with Crippen molar-refractivity contribution in [2.45, 2.75) is 52.9 Å². The van der Waals surface area contributed by atoms with E-state index in [1.54, 1.807) is 39.3 Å². The van der Waals surface area contributed by atoms with Crippen LogP contribution in [0, 0.1) is 13.8 Å². The maximum absolute atomic E-state index is 12.9. The molecule has 2 N–H and O–H groups in total. The van der Waals surface area contributed by atoms with Crippen molar-refractivity contribution in [1.82, 2.24) is 15.3 Å². The predicted molar refractivity (Wildman–Crippen MR) is 130 cm³/mol. The number of carboxylic acids is 1. The van der Waals surface area contributed by atoms with E-state index in [0.717, 1.165) is 27.3 Å². The van der Waals surface area contributed by atoms with Gasteiger partial charge >= 0.3 is 5.97 Å². The van der Waals surface area contributed by atoms with Gasteiger partial charge in [0.05, 0.1) is 18.9 Å². The molecule has 0 radical (unpaired) electrons. The summed E-state index contributed by atoms with van der Waals surface area (Å²) < 4.78 is 10.9. The van der Waals surface area contributed by atoms with E-state index in [2.05, 4.69) is 15.3 Å². The summed E-state index contributed by atoms with van der Waals surface area (Å²) in [4.78, 5) is 34.1. The van der Waals surface area contributed by atoms with E-state index in [4.69, 9.17) is 9.47 Å². The van der Waals surface area contributed by atoms with E-state index in [0.29, 0.717) is 16.5 Å². The summed E-state index contributed by atoms with van der Waals surface area (Å²) in [7, 11) is 1.55. The van der Waals surface area contributed by atoms with Crippen LogP contribution < -0.4 is 10.1 Å². The Balaban J connectivity index is 1.74. The van der Waals surface area contributed by atoms with Crippen LogP contribution in [0.25, 0.3) is 10.7 Å². The fourth-order valence-corrected chi connectivity index (χ4v) is 4.29. The van der Waals surface area contributed by atoms with E-state index < -0.39 is 12.1 Å². The third kappa shape index (κ3) is 6.39. The molecule has 0 saturated heterocycles. The second-order valence-electron chi connectivity index (χ2n) is 8.19. The lowest BCUT2D eigenvalue weighted by atomic mass is 10.0. The number of rotatable bonds is 10. The zero-order chi connectivity index (χ0) is 24.8. The molecule has 0 aliphatic heterocycles. The number of hydrogen-bond donors (Lipinski definition) is 2. The first-order chi connectivity index (χ1) is 16.2. The molecule has 0 saturated carbocycles. The number of aromatic nitrogens is 2. The smallest absolute Gasteiger partial charge is 0.333 e. The van der Waals surface area contributed by atoms with Crippen molar-refractivity contribution in [3.8, 4) is 16.5 Å². The molecular formula is C25H29N3O5S. The van der Waals surface area contributed by atoms with E-state index >= 15 is 0 Å². The zero-order valence-corrected chi connectivity index (χ0v) is 20.7. The Hall–Kier alpha value is -3.30. The first kappa shape index (κ1) is 25.3. The molecule has 180 valence electrons. The van der Waals surface area contributed by atoms with E-state index in [1.807, 2.05) is 32.0 Å². The Morgan fingerprint density at radius 1 is 1.18 bits per heavy atom. The minimum Gasteiger partial charge on any atom is -0.496 e. The number of nitrogens with zero attached hydrogens (tertiary/aromatic N) is 2. The molecule has 0 aliphatic rings. The summed E-state index contributed by atoms with van der Waals surface area (Å²) in [6.45, 7) is 7.61. The van der Waals surface area contributed by atoms with Crippen LogP contribution in [0.1, 0.15) is 45.9 Å². The van der Waals surface area contributed by atoms with Gasteiger partial charge in [-0.25, -0.2) is 9.78 Å². The summed E-state index contributed by atoms with van der Waals surface area (Å²) in [5.41, 5.74) is 3.64. The van der Waals surface area contributed by atoms with Gasteiger partial charge in [0.2, 0.25) is 0 Å². The van der Waals surface area contributed by atoms with Crippen molar-refractivity contribution in [2.75, 3.05) is 7.11 Å². The zero-order valence-electron chi connectivity index (χ0n) is 19.9. The number of carbonyl (C=O) groups is 2. The van der Waals surface area contributed by atoms with Crippen LogP contribution in [0.3, 0.4) is 0 Å². The molecule has 1 amide bonds. The molecule has 0 spiro atoms. The average molecular weight is 484 g/mol. The molecular weight excluding hydrogens is 454 g/mol. The quantitative estimate of drug-likeness (QED) is 0.445. The number of hydrogen-bond acceptors (Lipinski definition) is 7. The molecule has 2 heterocycles. The minimum atomic E-state index is -1.02. The average Bonchev–Trinajstić information content (AvgIpc) is 3.19. The Morgan fingerprint density at radius 3 is 2.56 bits per heavy atom. The van der Waals surface area contributed by atoms with Gasteiger partial charge in [0, 0.05) is 29.6 Å². The second-order valence-corrected chi connectivity index (χ2v) is 9.39. The van der Waals surface area contributed by atoms with E-state index in [-0.39, 0.29) is 25.0 Å². The normalized spacial score (nSPS) is 11.9. The fourth-order valence-electron chi connectivity index (χ4n) is 3.40. The SMILES string of the molecule is COc1ccc(CC(OC(C)C)C(=O)O)cc1CNC(=O)c1nc(-c2ccc(C)cn2)sc1C. The highest BCUT2D eigenvalue weighted by Crippen LogP contribution is 2.27. The summed E-state index contributed by atoms with van der Waals surface area (Å²) in [6, 6.07) is 9.24. The number of methoxy groups -OCH3 is 1. The van der Waals surface area contributed by atoms with Crippen LogP contribution in [0.2, 0.25) is 0 Å². The van der Waals surface area contributed by atoms with Crippen molar-refractivity contribution < 1.29 is 24.2 Å². The maximum Gasteiger partial charge on any atom is 0.333 e. The Bertz CT molecular complexity index is 1160.